The highest BCUT2D eigenvalue weighted by molar-refractivity contribution is 5.95. The third-order valence-corrected chi connectivity index (χ3v) is 6.92. The van der Waals surface area contributed by atoms with Gasteiger partial charge in [0.1, 0.15) is 11.6 Å². The van der Waals surface area contributed by atoms with Crippen LogP contribution in [0.3, 0.4) is 0 Å². The Morgan fingerprint density at radius 2 is 1.91 bits per heavy atom. The largest absolute Gasteiger partial charge is 0.299 e. The van der Waals surface area contributed by atoms with Gasteiger partial charge in [0.25, 0.3) is 0 Å². The molecule has 0 saturated heterocycles. The Morgan fingerprint density at radius 3 is 2.55 bits per heavy atom. The molecule has 1 fully saturated rings. The summed E-state index contributed by atoms with van der Waals surface area (Å²) < 4.78 is 0. The van der Waals surface area contributed by atoms with Crippen molar-refractivity contribution in [1.82, 2.24) is 0 Å². The highest BCUT2D eigenvalue weighted by Gasteiger charge is 2.52. The first kappa shape index (κ1) is 17.4. The maximum Gasteiger partial charge on any atom is 0.140 e. The molecule has 0 N–H and O–H groups in total. The van der Waals surface area contributed by atoms with Gasteiger partial charge < -0.3 is 0 Å². The predicted molar refractivity (Wildman–Crippen MR) is 90.6 cm³/mol. The summed E-state index contributed by atoms with van der Waals surface area (Å²) in [4.78, 5) is 25.5. The van der Waals surface area contributed by atoms with Crippen LogP contribution in [0.15, 0.2) is 11.6 Å². The number of carbonyl (C=O) groups is 2. The Kier molecular flexibility index (Phi) is 4.71. The van der Waals surface area contributed by atoms with Crippen molar-refractivity contribution in [2.24, 2.45) is 28.6 Å². The molecule has 0 spiro atoms. The van der Waals surface area contributed by atoms with Crippen LogP contribution in [0.1, 0.15) is 73.6 Å². The number of Topliss-reactive ketones (excluding diaryl/α,β-unsaturated/α-hetero) is 2. The molecule has 0 aromatic heterocycles. The van der Waals surface area contributed by atoms with Gasteiger partial charge in [0, 0.05) is 23.7 Å². The fourth-order valence-corrected chi connectivity index (χ4v) is 4.44. The first-order valence-electron chi connectivity index (χ1n) is 8.83. The van der Waals surface area contributed by atoms with Crippen LogP contribution in [0.25, 0.3) is 0 Å². The summed E-state index contributed by atoms with van der Waals surface area (Å²) >= 11 is 0. The molecule has 0 radical (unpaired) electrons. The molecule has 2 aliphatic carbocycles. The Morgan fingerprint density at radius 1 is 1.27 bits per heavy atom. The molecule has 0 aromatic rings. The minimum atomic E-state index is -0.517. The maximum absolute atomic E-state index is 13.1. The Labute approximate surface area is 135 Å². The first-order chi connectivity index (χ1) is 10.1. The standard InChI is InChI=1S/C20H32O2/c1-13-10-14(2)15(3)16(11-13)12-18(22)20(6)9-7-8-17(21)19(20,4)5/h10,14-16H,7-9,11-12H2,1-6H3. The van der Waals surface area contributed by atoms with Crippen LogP contribution >= 0.6 is 0 Å². The van der Waals surface area contributed by atoms with E-state index in [1.165, 1.54) is 5.57 Å². The molecule has 0 heterocycles. The number of allylic oxidation sites excluding steroid dienone is 2. The summed E-state index contributed by atoms with van der Waals surface area (Å²) in [5.74, 6) is 2.08. The summed E-state index contributed by atoms with van der Waals surface area (Å²) in [5.41, 5.74) is 0.407. The van der Waals surface area contributed by atoms with Gasteiger partial charge in [0.05, 0.1) is 0 Å². The molecule has 2 aliphatic rings. The Bertz CT molecular complexity index is 500. The molecule has 0 bridgehead atoms. The van der Waals surface area contributed by atoms with E-state index in [1.54, 1.807) is 0 Å². The third-order valence-electron chi connectivity index (χ3n) is 6.92. The van der Waals surface area contributed by atoms with Gasteiger partial charge in [-0.1, -0.05) is 46.3 Å². The van der Waals surface area contributed by atoms with E-state index < -0.39 is 10.8 Å². The highest BCUT2D eigenvalue weighted by Crippen LogP contribution is 2.50. The molecule has 2 rings (SSSR count). The van der Waals surface area contributed by atoms with Crippen LogP contribution in [0.2, 0.25) is 0 Å². The second-order valence-electron chi connectivity index (χ2n) is 8.56. The second-order valence-corrected chi connectivity index (χ2v) is 8.56. The normalized spacial score (nSPS) is 38.5. The fraction of sp³-hybridized carbons (Fsp3) is 0.800. The van der Waals surface area contributed by atoms with E-state index in [4.69, 9.17) is 0 Å². The topological polar surface area (TPSA) is 34.1 Å². The molecule has 4 atom stereocenters. The van der Waals surface area contributed by atoms with Crippen molar-refractivity contribution in [2.75, 3.05) is 0 Å². The van der Waals surface area contributed by atoms with Crippen molar-refractivity contribution < 1.29 is 9.59 Å². The summed E-state index contributed by atoms with van der Waals surface area (Å²) in [7, 11) is 0. The monoisotopic (exact) mass is 304 g/mol. The van der Waals surface area contributed by atoms with Crippen molar-refractivity contribution in [1.29, 1.82) is 0 Å². The van der Waals surface area contributed by atoms with Gasteiger partial charge in [-0.2, -0.15) is 0 Å². The van der Waals surface area contributed by atoms with Crippen molar-refractivity contribution in [3.05, 3.63) is 11.6 Å². The van der Waals surface area contributed by atoms with E-state index in [1.807, 2.05) is 20.8 Å². The van der Waals surface area contributed by atoms with Gasteiger partial charge in [0.2, 0.25) is 0 Å². The Hall–Kier alpha value is -0.920. The summed E-state index contributed by atoms with van der Waals surface area (Å²) in [5, 5.41) is 0. The predicted octanol–water partition coefficient (Wildman–Crippen LogP) is 4.97. The minimum absolute atomic E-state index is 0.260. The van der Waals surface area contributed by atoms with Crippen molar-refractivity contribution in [3.63, 3.8) is 0 Å². The van der Waals surface area contributed by atoms with E-state index in [-0.39, 0.29) is 5.78 Å². The van der Waals surface area contributed by atoms with Crippen LogP contribution in [0, 0.1) is 28.6 Å². The number of rotatable bonds is 3. The summed E-state index contributed by atoms with van der Waals surface area (Å²) in [6.07, 6.45) is 6.36. The van der Waals surface area contributed by atoms with E-state index in [9.17, 15) is 9.59 Å². The number of hydrogen-bond acceptors (Lipinski definition) is 2. The zero-order valence-electron chi connectivity index (χ0n) is 15.2. The minimum Gasteiger partial charge on any atom is -0.299 e. The first-order valence-corrected chi connectivity index (χ1v) is 8.83. The molecule has 0 amide bonds. The molecule has 1 saturated carbocycles. The highest BCUT2D eigenvalue weighted by atomic mass is 16.1. The van der Waals surface area contributed by atoms with Crippen molar-refractivity contribution in [2.45, 2.75) is 73.6 Å². The lowest BCUT2D eigenvalue weighted by atomic mass is 9.55. The smallest absolute Gasteiger partial charge is 0.140 e. The quantitative estimate of drug-likeness (QED) is 0.690. The second kappa shape index (κ2) is 5.94. The van der Waals surface area contributed by atoms with E-state index in [2.05, 4.69) is 26.8 Å². The third kappa shape index (κ3) is 2.81. The van der Waals surface area contributed by atoms with Crippen LogP contribution in [-0.2, 0) is 9.59 Å². The number of carbonyl (C=O) groups excluding carboxylic acids is 2. The Balaban J connectivity index is 2.18. The summed E-state index contributed by atoms with van der Waals surface area (Å²) in [6, 6.07) is 0. The van der Waals surface area contributed by atoms with Gasteiger partial charge in [-0.15, -0.1) is 0 Å². The van der Waals surface area contributed by atoms with E-state index in [0.29, 0.717) is 36.4 Å². The molecule has 124 valence electrons. The molecule has 22 heavy (non-hydrogen) atoms. The van der Waals surface area contributed by atoms with Gasteiger partial charge in [-0.25, -0.2) is 0 Å². The van der Waals surface area contributed by atoms with Crippen LogP contribution in [0.4, 0.5) is 0 Å². The van der Waals surface area contributed by atoms with Crippen molar-refractivity contribution >= 4 is 11.6 Å². The molecule has 2 heteroatoms. The average molecular weight is 304 g/mol. The van der Waals surface area contributed by atoms with Crippen LogP contribution in [0.5, 0.6) is 0 Å². The average Bonchev–Trinajstić information content (AvgIpc) is 2.42. The van der Waals surface area contributed by atoms with E-state index in [0.717, 1.165) is 19.3 Å². The zero-order valence-corrected chi connectivity index (χ0v) is 15.2. The molecular formula is C20H32O2. The molecule has 0 aliphatic heterocycles. The molecular weight excluding hydrogens is 272 g/mol. The lowest BCUT2D eigenvalue weighted by Crippen LogP contribution is -2.50. The SMILES string of the molecule is CC1=CC(C)C(C)C(CC(=O)C2(C)CCCC(=O)C2(C)C)C1. The van der Waals surface area contributed by atoms with Gasteiger partial charge >= 0.3 is 0 Å². The molecule has 0 aromatic carbocycles. The maximum atomic E-state index is 13.1. The summed E-state index contributed by atoms with van der Waals surface area (Å²) in [6.45, 7) is 12.7. The zero-order chi connectivity index (χ0) is 16.7. The number of hydrogen-bond donors (Lipinski definition) is 0. The van der Waals surface area contributed by atoms with E-state index >= 15 is 0 Å². The van der Waals surface area contributed by atoms with Gasteiger partial charge in [0.15, 0.2) is 0 Å². The molecule has 4 unspecified atom stereocenters. The van der Waals surface area contributed by atoms with Crippen LogP contribution < -0.4 is 0 Å². The molecule has 2 nitrogen and oxygen atoms in total. The lowest BCUT2D eigenvalue weighted by molar-refractivity contribution is -0.151. The van der Waals surface area contributed by atoms with Crippen molar-refractivity contribution in [3.8, 4) is 0 Å². The fourth-order valence-electron chi connectivity index (χ4n) is 4.44. The van der Waals surface area contributed by atoms with Gasteiger partial charge in [-0.05, 0) is 43.9 Å². The van der Waals surface area contributed by atoms with Crippen LogP contribution in [-0.4, -0.2) is 11.6 Å². The lowest BCUT2D eigenvalue weighted by Gasteiger charge is -2.46. The van der Waals surface area contributed by atoms with Gasteiger partial charge in [-0.3, -0.25) is 9.59 Å². The number of ketones is 2.